The summed E-state index contributed by atoms with van der Waals surface area (Å²) in [5.41, 5.74) is 2.99. The van der Waals surface area contributed by atoms with Crippen LogP contribution in [0.15, 0.2) is 24.5 Å². The van der Waals surface area contributed by atoms with Gasteiger partial charge in [-0.15, -0.1) is 0 Å². The highest BCUT2D eigenvalue weighted by atomic mass is 16.8. The minimum absolute atomic E-state index is 0.245. The smallest absolute Gasteiger partial charge is 0.348 e. The predicted octanol–water partition coefficient (Wildman–Crippen LogP) is 1.84. The third-order valence-corrected chi connectivity index (χ3v) is 4.17. The number of aromatic nitrogens is 4. The number of fused-ring (bicyclic) bond motifs is 1. The van der Waals surface area contributed by atoms with Crippen LogP contribution in [0.3, 0.4) is 0 Å². The number of carbonyl (C=O) groups excluding carboxylic acids is 1. The number of rotatable bonds is 3. The summed E-state index contributed by atoms with van der Waals surface area (Å²) in [6.45, 7) is 1.78. The molecule has 0 radical (unpaired) electrons. The molecule has 0 aliphatic carbocycles. The molecule has 1 aliphatic rings. The van der Waals surface area contributed by atoms with Crippen molar-refractivity contribution in [2.45, 2.75) is 19.1 Å². The topological polar surface area (TPSA) is 128 Å². The van der Waals surface area contributed by atoms with E-state index in [9.17, 15) is 9.90 Å². The van der Waals surface area contributed by atoms with Crippen LogP contribution in [0.2, 0.25) is 0 Å². The number of nitrogens with one attached hydrogen (secondary N) is 3. The lowest BCUT2D eigenvalue weighted by Gasteiger charge is -2.18. The number of benzene rings is 1. The molecule has 10 heteroatoms. The third kappa shape index (κ3) is 2.85. The Labute approximate surface area is 148 Å². The first-order valence-electron chi connectivity index (χ1n) is 8.03. The summed E-state index contributed by atoms with van der Waals surface area (Å²) in [7, 11) is 1.56. The number of imidazole rings is 1. The SMILES string of the molecule is COc1ccc(-c2cn[nH]c2)c2nc(NC(=O)N3CCC(C)(O)O3)[nH]c12. The van der Waals surface area contributed by atoms with Crippen molar-refractivity contribution in [3.05, 3.63) is 24.5 Å². The molecule has 1 aromatic carbocycles. The third-order valence-electron chi connectivity index (χ3n) is 4.17. The number of H-pyrrole nitrogens is 2. The molecule has 136 valence electrons. The molecule has 1 saturated heterocycles. The molecule has 1 fully saturated rings. The standard InChI is InChI=1S/C16H18N6O4/c1-16(24)5-6-22(26-16)15(23)21-14-19-12-10(9-7-17-18-8-9)3-4-11(25-2)13(12)20-14/h3-4,7-8,24H,5-6H2,1-2H3,(H,17,18)(H2,19,20,21,23). The van der Waals surface area contributed by atoms with Crippen LogP contribution in [0.5, 0.6) is 5.75 Å². The Morgan fingerprint density at radius 3 is 3.00 bits per heavy atom. The highest BCUT2D eigenvalue weighted by Crippen LogP contribution is 2.33. The number of anilines is 1. The second-order valence-electron chi connectivity index (χ2n) is 6.16. The van der Waals surface area contributed by atoms with Crippen molar-refractivity contribution in [3.63, 3.8) is 0 Å². The van der Waals surface area contributed by atoms with E-state index >= 15 is 0 Å². The molecular weight excluding hydrogens is 340 g/mol. The summed E-state index contributed by atoms with van der Waals surface area (Å²) in [6, 6.07) is 3.17. The summed E-state index contributed by atoms with van der Waals surface area (Å²) in [5, 5.41) is 20.3. The number of aromatic amines is 2. The van der Waals surface area contributed by atoms with Crippen LogP contribution in [-0.4, -0.2) is 55.8 Å². The van der Waals surface area contributed by atoms with E-state index < -0.39 is 11.8 Å². The van der Waals surface area contributed by atoms with Crippen molar-refractivity contribution in [3.8, 4) is 16.9 Å². The number of methoxy groups -OCH3 is 1. The van der Waals surface area contributed by atoms with Crippen molar-refractivity contribution in [2.75, 3.05) is 19.0 Å². The number of hydrogen-bond acceptors (Lipinski definition) is 6. The van der Waals surface area contributed by atoms with E-state index in [2.05, 4.69) is 25.5 Å². The van der Waals surface area contributed by atoms with Gasteiger partial charge in [-0.1, -0.05) is 0 Å². The van der Waals surface area contributed by atoms with E-state index in [1.54, 1.807) is 19.5 Å². The molecule has 1 unspecified atom stereocenters. The summed E-state index contributed by atoms with van der Waals surface area (Å²) in [5.74, 6) is -0.502. The van der Waals surface area contributed by atoms with Gasteiger partial charge in [0.25, 0.3) is 0 Å². The fourth-order valence-corrected chi connectivity index (χ4v) is 2.87. The highest BCUT2D eigenvalue weighted by Gasteiger charge is 2.36. The summed E-state index contributed by atoms with van der Waals surface area (Å²) < 4.78 is 5.37. The van der Waals surface area contributed by atoms with Gasteiger partial charge in [-0.05, 0) is 19.1 Å². The maximum atomic E-state index is 12.3. The molecule has 0 bridgehead atoms. The Hall–Kier alpha value is -3.11. The summed E-state index contributed by atoms with van der Waals surface area (Å²) in [6.07, 6.45) is 3.78. The number of hydrogen-bond donors (Lipinski definition) is 4. The zero-order valence-electron chi connectivity index (χ0n) is 14.2. The molecule has 26 heavy (non-hydrogen) atoms. The first-order valence-corrected chi connectivity index (χ1v) is 8.03. The van der Waals surface area contributed by atoms with Crippen molar-refractivity contribution in [1.82, 2.24) is 25.2 Å². The molecule has 4 N–H and O–H groups in total. The first kappa shape index (κ1) is 16.4. The van der Waals surface area contributed by atoms with Gasteiger partial charge in [-0.25, -0.2) is 14.6 Å². The number of carbonyl (C=O) groups is 1. The molecule has 4 rings (SSSR count). The lowest BCUT2D eigenvalue weighted by atomic mass is 10.1. The van der Waals surface area contributed by atoms with E-state index in [0.29, 0.717) is 23.2 Å². The van der Waals surface area contributed by atoms with Gasteiger partial charge in [0.1, 0.15) is 16.8 Å². The average molecular weight is 358 g/mol. The first-order chi connectivity index (χ1) is 12.5. The van der Waals surface area contributed by atoms with Gasteiger partial charge >= 0.3 is 6.03 Å². The maximum absolute atomic E-state index is 12.3. The molecule has 10 nitrogen and oxygen atoms in total. The van der Waals surface area contributed by atoms with Crippen molar-refractivity contribution >= 4 is 23.0 Å². The zero-order valence-corrected chi connectivity index (χ0v) is 14.2. The molecule has 3 aromatic rings. The summed E-state index contributed by atoms with van der Waals surface area (Å²) in [4.78, 5) is 25.0. The minimum atomic E-state index is -1.34. The van der Waals surface area contributed by atoms with Gasteiger partial charge in [-0.3, -0.25) is 10.4 Å². The van der Waals surface area contributed by atoms with Crippen molar-refractivity contribution in [1.29, 1.82) is 0 Å². The number of nitrogens with zero attached hydrogens (tertiary/aromatic N) is 3. The number of amides is 2. The highest BCUT2D eigenvalue weighted by molar-refractivity contribution is 5.98. The van der Waals surface area contributed by atoms with Crippen LogP contribution in [-0.2, 0) is 4.84 Å². The van der Waals surface area contributed by atoms with Crippen LogP contribution in [0.25, 0.3) is 22.2 Å². The Balaban J connectivity index is 1.66. The number of hydroxylamine groups is 2. The molecule has 0 spiro atoms. The summed E-state index contributed by atoms with van der Waals surface area (Å²) >= 11 is 0. The molecule has 1 aliphatic heterocycles. The molecular formula is C16H18N6O4. The Morgan fingerprint density at radius 1 is 1.50 bits per heavy atom. The number of aliphatic hydroxyl groups is 1. The second-order valence-corrected chi connectivity index (χ2v) is 6.16. The Morgan fingerprint density at radius 2 is 2.35 bits per heavy atom. The molecule has 0 saturated carbocycles. The lowest BCUT2D eigenvalue weighted by Crippen LogP contribution is -2.34. The fourth-order valence-electron chi connectivity index (χ4n) is 2.87. The zero-order chi connectivity index (χ0) is 18.3. The predicted molar refractivity (Wildman–Crippen MR) is 92.3 cm³/mol. The van der Waals surface area contributed by atoms with Gasteiger partial charge in [0.05, 0.1) is 19.9 Å². The van der Waals surface area contributed by atoms with E-state index in [0.717, 1.165) is 16.2 Å². The van der Waals surface area contributed by atoms with E-state index in [4.69, 9.17) is 9.57 Å². The monoisotopic (exact) mass is 358 g/mol. The van der Waals surface area contributed by atoms with Gasteiger partial charge in [0.2, 0.25) is 5.95 Å². The van der Waals surface area contributed by atoms with E-state index in [1.807, 2.05) is 12.1 Å². The normalized spacial score (nSPS) is 19.9. The van der Waals surface area contributed by atoms with Gasteiger partial charge in [0, 0.05) is 23.7 Å². The maximum Gasteiger partial charge on any atom is 0.348 e. The average Bonchev–Trinajstić information content (AvgIpc) is 3.32. The minimum Gasteiger partial charge on any atom is -0.494 e. The van der Waals surface area contributed by atoms with Gasteiger partial charge in [0.15, 0.2) is 5.79 Å². The van der Waals surface area contributed by atoms with E-state index in [1.165, 1.54) is 6.92 Å². The van der Waals surface area contributed by atoms with Crippen LogP contribution in [0, 0.1) is 0 Å². The lowest BCUT2D eigenvalue weighted by molar-refractivity contribution is -0.248. The largest absolute Gasteiger partial charge is 0.494 e. The molecule has 2 amide bonds. The number of urea groups is 1. The van der Waals surface area contributed by atoms with Crippen molar-refractivity contribution in [2.24, 2.45) is 0 Å². The van der Waals surface area contributed by atoms with Crippen LogP contribution in [0.1, 0.15) is 13.3 Å². The van der Waals surface area contributed by atoms with Crippen molar-refractivity contribution < 1.29 is 19.5 Å². The van der Waals surface area contributed by atoms with E-state index in [-0.39, 0.29) is 12.5 Å². The van der Waals surface area contributed by atoms with Crippen LogP contribution in [0.4, 0.5) is 10.7 Å². The van der Waals surface area contributed by atoms with Gasteiger partial charge in [-0.2, -0.15) is 10.2 Å². The van der Waals surface area contributed by atoms with Crippen LogP contribution < -0.4 is 10.1 Å². The molecule has 2 aromatic heterocycles. The number of ether oxygens (including phenoxy) is 1. The van der Waals surface area contributed by atoms with Gasteiger partial charge < -0.3 is 14.8 Å². The van der Waals surface area contributed by atoms with Crippen LogP contribution >= 0.6 is 0 Å². The fraction of sp³-hybridized carbons (Fsp3) is 0.312. The Kier molecular flexibility index (Phi) is 3.78. The quantitative estimate of drug-likeness (QED) is 0.565. The Bertz CT molecular complexity index is 949. The molecule has 3 heterocycles. The second kappa shape index (κ2) is 6.00. The molecule has 1 atom stereocenters.